The Labute approximate surface area is 327 Å². The molecule has 4 nitrogen and oxygen atoms in total. The second-order valence-electron chi connectivity index (χ2n) is 14.0. The van der Waals surface area contributed by atoms with Crippen LogP contribution in [0.4, 0.5) is 0 Å². The van der Waals surface area contributed by atoms with Gasteiger partial charge < -0.3 is 4.42 Å². The van der Waals surface area contributed by atoms with Gasteiger partial charge in [-0.25, -0.2) is 15.0 Å². The highest BCUT2D eigenvalue weighted by molar-refractivity contribution is 7.26. The first-order valence-corrected chi connectivity index (χ1v) is 19.5. The van der Waals surface area contributed by atoms with Crippen molar-refractivity contribution < 1.29 is 4.42 Å². The standard InChI is InChI=1S/C51H31N3OS/c1-4-13-32(14-5-1)35-19-12-20-37(27-35)50-52-49(34-17-8-3-9-18-34)53-51(54-50)38-24-26-41-40-25-23-36(30-45(40)55-46(41)31-38)43-28-39(33-15-6-2-7-16-33)29-44-42-21-10-11-22-47(42)56-48(43)44/h1-31H. The molecule has 0 aliphatic rings. The molecule has 3 heterocycles. The summed E-state index contributed by atoms with van der Waals surface area (Å²) in [7, 11) is 0. The van der Waals surface area contributed by atoms with E-state index < -0.39 is 0 Å². The van der Waals surface area contributed by atoms with Crippen LogP contribution in [0.5, 0.6) is 0 Å². The first kappa shape index (κ1) is 32.2. The molecule has 3 aromatic heterocycles. The van der Waals surface area contributed by atoms with E-state index in [1.165, 1.54) is 36.9 Å². The van der Waals surface area contributed by atoms with Crippen LogP contribution in [0, 0.1) is 0 Å². The number of nitrogens with zero attached hydrogens (tertiary/aromatic N) is 3. The maximum atomic E-state index is 6.69. The van der Waals surface area contributed by atoms with Gasteiger partial charge in [0.05, 0.1) is 0 Å². The van der Waals surface area contributed by atoms with Crippen LogP contribution >= 0.6 is 11.3 Å². The molecule has 56 heavy (non-hydrogen) atoms. The highest BCUT2D eigenvalue weighted by Gasteiger charge is 2.18. The summed E-state index contributed by atoms with van der Waals surface area (Å²) < 4.78 is 9.25. The lowest BCUT2D eigenvalue weighted by molar-refractivity contribution is 0.669. The number of hydrogen-bond acceptors (Lipinski definition) is 5. The fourth-order valence-corrected chi connectivity index (χ4v) is 8.96. The molecule has 0 saturated carbocycles. The molecule has 0 radical (unpaired) electrons. The summed E-state index contributed by atoms with van der Waals surface area (Å²) in [6, 6.07) is 65.7. The van der Waals surface area contributed by atoms with E-state index in [1.807, 2.05) is 47.7 Å². The van der Waals surface area contributed by atoms with Gasteiger partial charge in [-0.05, 0) is 76.3 Å². The Morgan fingerprint density at radius 2 is 0.839 bits per heavy atom. The smallest absolute Gasteiger partial charge is 0.164 e. The largest absolute Gasteiger partial charge is 0.456 e. The SMILES string of the molecule is c1ccc(-c2cccc(-c3nc(-c4ccccc4)nc(-c4ccc5c(c4)oc4cc(-c6cc(-c7ccccc7)cc7c6sc6ccccc67)ccc45)n3)c2)cc1. The fourth-order valence-electron chi connectivity index (χ4n) is 7.74. The van der Waals surface area contributed by atoms with Crippen LogP contribution in [-0.4, -0.2) is 15.0 Å². The molecule has 0 aliphatic carbocycles. The van der Waals surface area contributed by atoms with Crippen molar-refractivity contribution >= 4 is 53.4 Å². The van der Waals surface area contributed by atoms with Crippen molar-refractivity contribution in [2.45, 2.75) is 0 Å². The van der Waals surface area contributed by atoms with Gasteiger partial charge in [0.25, 0.3) is 0 Å². The second kappa shape index (κ2) is 13.3. The first-order chi connectivity index (χ1) is 27.7. The number of hydrogen-bond donors (Lipinski definition) is 0. The van der Waals surface area contributed by atoms with Crippen LogP contribution in [-0.2, 0) is 0 Å². The summed E-state index contributed by atoms with van der Waals surface area (Å²) in [5.41, 5.74) is 11.3. The Balaban J connectivity index is 1.04. The third-order valence-corrected chi connectivity index (χ3v) is 11.7. The van der Waals surface area contributed by atoms with Crippen LogP contribution in [0.15, 0.2) is 192 Å². The van der Waals surface area contributed by atoms with E-state index in [2.05, 4.69) is 152 Å². The minimum Gasteiger partial charge on any atom is -0.456 e. The Hall–Kier alpha value is -7.21. The number of benzene rings is 8. The molecule has 0 bridgehead atoms. The zero-order valence-electron chi connectivity index (χ0n) is 30.1. The van der Waals surface area contributed by atoms with Gasteiger partial charge in [-0.3, -0.25) is 0 Å². The summed E-state index contributed by atoms with van der Waals surface area (Å²) in [6.45, 7) is 0. The van der Waals surface area contributed by atoms with E-state index in [0.29, 0.717) is 17.5 Å². The van der Waals surface area contributed by atoms with Crippen molar-refractivity contribution in [1.82, 2.24) is 15.0 Å². The predicted octanol–water partition coefficient (Wildman–Crippen LogP) is 14.1. The van der Waals surface area contributed by atoms with Crippen molar-refractivity contribution in [2.75, 3.05) is 0 Å². The lowest BCUT2D eigenvalue weighted by atomic mass is 9.95. The summed E-state index contributed by atoms with van der Waals surface area (Å²) in [5, 5.41) is 4.67. The minimum absolute atomic E-state index is 0.590. The maximum absolute atomic E-state index is 6.69. The topological polar surface area (TPSA) is 51.8 Å². The molecule has 0 unspecified atom stereocenters. The normalized spacial score (nSPS) is 11.6. The average Bonchev–Trinajstić information content (AvgIpc) is 3.84. The van der Waals surface area contributed by atoms with Crippen LogP contribution in [0.2, 0.25) is 0 Å². The van der Waals surface area contributed by atoms with Crippen molar-refractivity contribution in [3.63, 3.8) is 0 Å². The van der Waals surface area contributed by atoms with Crippen molar-refractivity contribution in [1.29, 1.82) is 0 Å². The van der Waals surface area contributed by atoms with Crippen LogP contribution in [0.1, 0.15) is 0 Å². The van der Waals surface area contributed by atoms with Gasteiger partial charge in [-0.1, -0.05) is 140 Å². The fraction of sp³-hybridized carbons (Fsp3) is 0. The van der Waals surface area contributed by atoms with Gasteiger partial charge in [0.2, 0.25) is 0 Å². The van der Waals surface area contributed by atoms with Crippen LogP contribution in [0.25, 0.3) is 110 Å². The lowest BCUT2D eigenvalue weighted by Gasteiger charge is -2.09. The summed E-state index contributed by atoms with van der Waals surface area (Å²) >= 11 is 1.85. The van der Waals surface area contributed by atoms with Gasteiger partial charge in [0.1, 0.15) is 11.2 Å². The van der Waals surface area contributed by atoms with Crippen molar-refractivity contribution in [3.05, 3.63) is 188 Å². The molecule has 0 aliphatic heterocycles. The van der Waals surface area contributed by atoms with E-state index in [-0.39, 0.29) is 0 Å². The molecule has 262 valence electrons. The van der Waals surface area contributed by atoms with Crippen molar-refractivity contribution in [3.8, 4) is 67.5 Å². The summed E-state index contributed by atoms with van der Waals surface area (Å²) in [4.78, 5) is 15.1. The molecule has 0 spiro atoms. The van der Waals surface area contributed by atoms with Gasteiger partial charge in [-0.2, -0.15) is 0 Å². The molecule has 0 N–H and O–H groups in total. The summed E-state index contributed by atoms with van der Waals surface area (Å²) in [5.74, 6) is 1.83. The molecule has 0 saturated heterocycles. The predicted molar refractivity (Wildman–Crippen MR) is 233 cm³/mol. The molecule has 11 rings (SSSR count). The van der Waals surface area contributed by atoms with Crippen molar-refractivity contribution in [2.24, 2.45) is 0 Å². The van der Waals surface area contributed by atoms with E-state index in [0.717, 1.165) is 55.3 Å². The number of rotatable bonds is 6. The van der Waals surface area contributed by atoms with Gasteiger partial charge in [-0.15, -0.1) is 11.3 Å². The molecule has 8 aromatic carbocycles. The quantitative estimate of drug-likeness (QED) is 0.171. The Morgan fingerprint density at radius 1 is 0.321 bits per heavy atom. The molecule has 5 heteroatoms. The van der Waals surface area contributed by atoms with Crippen LogP contribution < -0.4 is 0 Å². The Morgan fingerprint density at radius 3 is 1.54 bits per heavy atom. The molecule has 0 fully saturated rings. The molecular formula is C51H31N3OS. The zero-order chi connectivity index (χ0) is 37.0. The highest BCUT2D eigenvalue weighted by Crippen LogP contribution is 2.44. The average molecular weight is 734 g/mol. The summed E-state index contributed by atoms with van der Waals surface area (Å²) in [6.07, 6.45) is 0. The number of aromatic nitrogens is 3. The van der Waals surface area contributed by atoms with E-state index in [1.54, 1.807) is 0 Å². The molecule has 0 amide bonds. The van der Waals surface area contributed by atoms with E-state index in [9.17, 15) is 0 Å². The third kappa shape index (κ3) is 5.65. The third-order valence-electron chi connectivity index (χ3n) is 10.5. The van der Waals surface area contributed by atoms with E-state index in [4.69, 9.17) is 19.4 Å². The van der Waals surface area contributed by atoms with E-state index >= 15 is 0 Å². The minimum atomic E-state index is 0.590. The number of furan rings is 1. The van der Waals surface area contributed by atoms with Gasteiger partial charge >= 0.3 is 0 Å². The lowest BCUT2D eigenvalue weighted by Crippen LogP contribution is -2.00. The highest BCUT2D eigenvalue weighted by atomic mass is 32.1. The van der Waals surface area contributed by atoms with Gasteiger partial charge in [0, 0.05) is 53.2 Å². The Bertz CT molecular complexity index is 3240. The first-order valence-electron chi connectivity index (χ1n) is 18.7. The molecular weight excluding hydrogens is 703 g/mol. The number of thiophene rings is 1. The molecule has 0 atom stereocenters. The molecule has 11 aromatic rings. The monoisotopic (exact) mass is 733 g/mol. The van der Waals surface area contributed by atoms with Crippen LogP contribution in [0.3, 0.4) is 0 Å². The Kier molecular flexibility index (Phi) is 7.64. The zero-order valence-corrected chi connectivity index (χ0v) is 30.9. The number of fused-ring (bicyclic) bond motifs is 6. The second-order valence-corrected chi connectivity index (χ2v) is 15.1. The maximum Gasteiger partial charge on any atom is 0.164 e. The van der Waals surface area contributed by atoms with Gasteiger partial charge in [0.15, 0.2) is 17.5 Å².